The van der Waals surface area contributed by atoms with E-state index in [0.29, 0.717) is 23.0 Å². The molecule has 2 heterocycles. The van der Waals surface area contributed by atoms with Gasteiger partial charge in [-0.15, -0.1) is 0 Å². The predicted octanol–water partition coefficient (Wildman–Crippen LogP) is 3.42. The molecule has 2 N–H and O–H groups in total. The van der Waals surface area contributed by atoms with Crippen LogP contribution < -0.4 is 19.9 Å². The van der Waals surface area contributed by atoms with Gasteiger partial charge in [-0.25, -0.2) is 4.68 Å². The second-order valence-electron chi connectivity index (χ2n) is 6.59. The van der Waals surface area contributed by atoms with Crippen LogP contribution in [0.5, 0.6) is 17.4 Å². The van der Waals surface area contributed by atoms with Gasteiger partial charge in [0.15, 0.2) is 11.5 Å². The Labute approximate surface area is 168 Å². The number of fused-ring (bicyclic) bond motifs is 1. The molecule has 0 amide bonds. The van der Waals surface area contributed by atoms with E-state index in [1.54, 1.807) is 18.9 Å². The van der Waals surface area contributed by atoms with E-state index in [2.05, 4.69) is 11.2 Å². The largest absolute Gasteiger partial charge is 0.493 e. The Morgan fingerprint density at radius 3 is 2.48 bits per heavy atom. The number of nitriles is 1. The first-order valence-corrected chi connectivity index (χ1v) is 9.03. The second-order valence-corrected chi connectivity index (χ2v) is 6.59. The number of hydrogen-bond acceptors (Lipinski definition) is 6. The molecule has 29 heavy (non-hydrogen) atoms. The highest BCUT2D eigenvalue weighted by atomic mass is 16.5. The van der Waals surface area contributed by atoms with Crippen molar-refractivity contribution in [3.8, 4) is 29.1 Å². The van der Waals surface area contributed by atoms with Gasteiger partial charge in [-0.3, -0.25) is 0 Å². The van der Waals surface area contributed by atoms with Gasteiger partial charge >= 0.3 is 0 Å². The standard InChI is InChI=1S/C22H20N4O3/c1-13-19-20(14-9-10-17(27-2)18(11-14)28-3)16(12-23)21(24)29-22(19)26(25-13)15-7-5-4-6-8-15/h4-11,20H,24H2,1-3H3/t20-/m0/s1. The third-order valence-electron chi connectivity index (χ3n) is 4.97. The van der Waals surface area contributed by atoms with Crippen molar-refractivity contribution >= 4 is 0 Å². The van der Waals surface area contributed by atoms with E-state index in [1.165, 1.54) is 0 Å². The second kappa shape index (κ2) is 7.24. The van der Waals surface area contributed by atoms with Crippen molar-refractivity contribution < 1.29 is 14.2 Å². The van der Waals surface area contributed by atoms with Crippen LogP contribution in [-0.4, -0.2) is 24.0 Å². The van der Waals surface area contributed by atoms with Gasteiger partial charge in [0.25, 0.3) is 0 Å². The lowest BCUT2D eigenvalue weighted by Crippen LogP contribution is -2.22. The summed E-state index contributed by atoms with van der Waals surface area (Å²) in [5.74, 6) is 1.32. The van der Waals surface area contributed by atoms with Gasteiger partial charge in [0.1, 0.15) is 11.6 Å². The van der Waals surface area contributed by atoms with Crippen LogP contribution >= 0.6 is 0 Å². The van der Waals surface area contributed by atoms with Crippen molar-refractivity contribution in [2.24, 2.45) is 5.73 Å². The molecule has 1 atom stereocenters. The van der Waals surface area contributed by atoms with Crippen LogP contribution in [0.25, 0.3) is 5.69 Å². The number of hydrogen-bond donors (Lipinski definition) is 1. The normalized spacial score (nSPS) is 15.3. The molecule has 0 unspecified atom stereocenters. The summed E-state index contributed by atoms with van der Waals surface area (Å²) in [6.45, 7) is 1.89. The summed E-state index contributed by atoms with van der Waals surface area (Å²) in [6, 6.07) is 17.4. The molecule has 146 valence electrons. The van der Waals surface area contributed by atoms with Gasteiger partial charge in [-0.1, -0.05) is 24.3 Å². The van der Waals surface area contributed by atoms with E-state index in [0.717, 1.165) is 22.5 Å². The molecular weight excluding hydrogens is 368 g/mol. The van der Waals surface area contributed by atoms with Crippen LogP contribution in [0.4, 0.5) is 0 Å². The number of allylic oxidation sites excluding steroid dienone is 1. The smallest absolute Gasteiger partial charge is 0.229 e. The molecule has 7 nitrogen and oxygen atoms in total. The maximum absolute atomic E-state index is 9.81. The van der Waals surface area contributed by atoms with Crippen LogP contribution in [0.3, 0.4) is 0 Å². The Balaban J connectivity index is 1.94. The van der Waals surface area contributed by atoms with E-state index in [4.69, 9.17) is 19.9 Å². The summed E-state index contributed by atoms with van der Waals surface area (Å²) in [7, 11) is 3.15. The van der Waals surface area contributed by atoms with E-state index < -0.39 is 5.92 Å². The summed E-state index contributed by atoms with van der Waals surface area (Å²) < 4.78 is 18.4. The van der Waals surface area contributed by atoms with Crippen LogP contribution in [0.2, 0.25) is 0 Å². The fourth-order valence-electron chi connectivity index (χ4n) is 3.62. The lowest BCUT2D eigenvalue weighted by atomic mass is 9.84. The van der Waals surface area contributed by atoms with Gasteiger partial charge in [0.2, 0.25) is 11.8 Å². The molecule has 0 aliphatic carbocycles. The number of nitrogens with two attached hydrogens (primary N) is 1. The first-order valence-electron chi connectivity index (χ1n) is 9.03. The third kappa shape index (κ3) is 2.95. The molecule has 0 fully saturated rings. The van der Waals surface area contributed by atoms with E-state index in [9.17, 15) is 5.26 Å². The zero-order valence-electron chi connectivity index (χ0n) is 16.3. The van der Waals surface area contributed by atoms with Gasteiger partial charge < -0.3 is 19.9 Å². The minimum atomic E-state index is -0.430. The average Bonchev–Trinajstić information content (AvgIpc) is 3.08. The number of rotatable bonds is 4. The maximum Gasteiger partial charge on any atom is 0.229 e. The number of ether oxygens (including phenoxy) is 3. The number of para-hydroxylation sites is 1. The lowest BCUT2D eigenvalue weighted by Gasteiger charge is -2.25. The summed E-state index contributed by atoms with van der Waals surface area (Å²) in [5, 5.41) is 14.5. The topological polar surface area (TPSA) is 95.3 Å². The quantitative estimate of drug-likeness (QED) is 0.736. The Kier molecular flexibility index (Phi) is 4.61. The molecule has 0 saturated heterocycles. The number of methoxy groups -OCH3 is 2. The average molecular weight is 388 g/mol. The fourth-order valence-corrected chi connectivity index (χ4v) is 3.62. The van der Waals surface area contributed by atoms with Gasteiger partial charge in [-0.2, -0.15) is 10.4 Å². The highest BCUT2D eigenvalue weighted by Gasteiger charge is 2.36. The van der Waals surface area contributed by atoms with Crippen molar-refractivity contribution in [1.82, 2.24) is 9.78 Å². The minimum Gasteiger partial charge on any atom is -0.493 e. The highest BCUT2D eigenvalue weighted by Crippen LogP contribution is 2.46. The maximum atomic E-state index is 9.81. The summed E-state index contributed by atoms with van der Waals surface area (Å²) >= 11 is 0. The molecule has 1 aliphatic heterocycles. The molecule has 3 aromatic rings. The van der Waals surface area contributed by atoms with Crippen molar-refractivity contribution in [3.63, 3.8) is 0 Å². The van der Waals surface area contributed by atoms with Crippen LogP contribution in [0.1, 0.15) is 22.7 Å². The molecule has 0 bridgehead atoms. The van der Waals surface area contributed by atoms with Crippen molar-refractivity contribution in [1.29, 1.82) is 5.26 Å². The molecule has 1 aromatic heterocycles. The molecule has 2 aromatic carbocycles. The molecule has 0 spiro atoms. The molecule has 1 aliphatic rings. The van der Waals surface area contributed by atoms with Crippen LogP contribution in [0, 0.1) is 18.3 Å². The first-order chi connectivity index (χ1) is 14.1. The van der Waals surface area contributed by atoms with Crippen LogP contribution in [-0.2, 0) is 0 Å². The zero-order chi connectivity index (χ0) is 20.5. The minimum absolute atomic E-state index is 0.0665. The Bertz CT molecular complexity index is 1140. The Hall–Kier alpha value is -3.92. The van der Waals surface area contributed by atoms with E-state index in [1.807, 2.05) is 55.5 Å². The van der Waals surface area contributed by atoms with Crippen molar-refractivity contribution in [3.05, 3.63) is 76.8 Å². The predicted molar refractivity (Wildman–Crippen MR) is 107 cm³/mol. The Morgan fingerprint density at radius 1 is 1.10 bits per heavy atom. The fraction of sp³-hybridized carbons (Fsp3) is 0.182. The van der Waals surface area contributed by atoms with E-state index >= 15 is 0 Å². The van der Waals surface area contributed by atoms with Gasteiger partial charge in [-0.05, 0) is 36.8 Å². The number of nitrogens with zero attached hydrogens (tertiary/aromatic N) is 3. The summed E-state index contributed by atoms with van der Waals surface area (Å²) in [5.41, 5.74) is 9.72. The number of aryl methyl sites for hydroxylation is 1. The highest BCUT2D eigenvalue weighted by molar-refractivity contribution is 5.59. The summed E-state index contributed by atoms with van der Waals surface area (Å²) in [6.07, 6.45) is 0. The van der Waals surface area contributed by atoms with E-state index in [-0.39, 0.29) is 5.88 Å². The summed E-state index contributed by atoms with van der Waals surface area (Å²) in [4.78, 5) is 0. The monoisotopic (exact) mass is 388 g/mol. The van der Waals surface area contributed by atoms with Gasteiger partial charge in [0, 0.05) is 0 Å². The van der Waals surface area contributed by atoms with Crippen molar-refractivity contribution in [2.75, 3.05) is 14.2 Å². The van der Waals surface area contributed by atoms with Crippen LogP contribution in [0.15, 0.2) is 60.0 Å². The first kappa shape index (κ1) is 18.4. The SMILES string of the molecule is COc1ccc([C@H]2C(C#N)=C(N)Oc3c2c(C)nn3-c2ccccc2)cc1OC. The molecule has 0 radical (unpaired) electrons. The molecule has 7 heteroatoms. The Morgan fingerprint density at radius 2 is 1.83 bits per heavy atom. The molecular formula is C22H20N4O3. The van der Waals surface area contributed by atoms with Gasteiger partial charge in [0.05, 0.1) is 37.1 Å². The molecule has 4 rings (SSSR count). The lowest BCUT2D eigenvalue weighted by molar-refractivity contribution is 0.353. The third-order valence-corrected chi connectivity index (χ3v) is 4.97. The number of aromatic nitrogens is 2. The number of benzene rings is 2. The van der Waals surface area contributed by atoms with Crippen molar-refractivity contribution in [2.45, 2.75) is 12.8 Å². The molecule has 0 saturated carbocycles. The zero-order valence-corrected chi connectivity index (χ0v) is 16.3.